The van der Waals surface area contributed by atoms with Crippen LogP contribution in [0.5, 0.6) is 5.75 Å². The minimum atomic E-state index is 0.611. The molecule has 0 spiro atoms. The summed E-state index contributed by atoms with van der Waals surface area (Å²) in [6.45, 7) is 9.01. The van der Waals surface area contributed by atoms with Gasteiger partial charge in [0.15, 0.2) is 0 Å². The number of thiophene rings is 1. The lowest BCUT2D eigenvalue weighted by Crippen LogP contribution is -2.18. The average molecular weight is 290 g/mol. The standard InChI is InChI=1S/C16H22N2OS/c1-12(2)8-17-10-15-6-7-16(20-15)11-19-14-5-4-13(3)18-9-14/h4-7,9,12,17H,8,10-11H2,1-3H3. The molecule has 0 saturated heterocycles. The summed E-state index contributed by atoms with van der Waals surface area (Å²) in [5.41, 5.74) is 1.01. The molecule has 0 aliphatic carbocycles. The van der Waals surface area contributed by atoms with Crippen molar-refractivity contribution in [2.24, 2.45) is 5.92 Å². The Morgan fingerprint density at radius 2 is 2.00 bits per heavy atom. The predicted octanol–water partition coefficient (Wildman–Crippen LogP) is 3.78. The highest BCUT2D eigenvalue weighted by atomic mass is 32.1. The summed E-state index contributed by atoms with van der Waals surface area (Å²) in [6, 6.07) is 8.23. The summed E-state index contributed by atoms with van der Waals surface area (Å²) in [7, 11) is 0. The van der Waals surface area contributed by atoms with E-state index in [1.54, 1.807) is 17.5 Å². The minimum Gasteiger partial charge on any atom is -0.486 e. The number of aryl methyl sites for hydroxylation is 1. The maximum Gasteiger partial charge on any atom is 0.138 e. The fraction of sp³-hybridized carbons (Fsp3) is 0.438. The molecule has 2 aromatic heterocycles. The number of nitrogens with zero attached hydrogens (tertiary/aromatic N) is 1. The van der Waals surface area contributed by atoms with Gasteiger partial charge in [0.25, 0.3) is 0 Å². The van der Waals surface area contributed by atoms with Crippen LogP contribution in [0.1, 0.15) is 29.3 Å². The van der Waals surface area contributed by atoms with E-state index in [1.165, 1.54) is 9.75 Å². The summed E-state index contributed by atoms with van der Waals surface area (Å²) in [6.07, 6.45) is 1.77. The van der Waals surface area contributed by atoms with Gasteiger partial charge in [0.1, 0.15) is 12.4 Å². The molecule has 0 aliphatic heterocycles. The second-order valence-electron chi connectivity index (χ2n) is 5.32. The molecule has 0 fully saturated rings. The van der Waals surface area contributed by atoms with Gasteiger partial charge in [-0.3, -0.25) is 4.98 Å². The molecular weight excluding hydrogens is 268 g/mol. The molecule has 0 radical (unpaired) electrons. The monoisotopic (exact) mass is 290 g/mol. The molecule has 2 rings (SSSR count). The fourth-order valence-electron chi connectivity index (χ4n) is 1.77. The van der Waals surface area contributed by atoms with Crippen molar-refractivity contribution in [2.75, 3.05) is 6.54 Å². The van der Waals surface area contributed by atoms with Crippen LogP contribution in [-0.2, 0) is 13.2 Å². The molecule has 0 saturated carbocycles. The van der Waals surface area contributed by atoms with Gasteiger partial charge in [-0.05, 0) is 43.7 Å². The molecule has 2 aromatic rings. The molecule has 4 heteroatoms. The van der Waals surface area contributed by atoms with Crippen LogP contribution in [0, 0.1) is 12.8 Å². The average Bonchev–Trinajstić information content (AvgIpc) is 2.86. The third-order valence-electron chi connectivity index (χ3n) is 2.83. The molecule has 0 amide bonds. The lowest BCUT2D eigenvalue weighted by Gasteiger charge is -2.05. The molecule has 0 bridgehead atoms. The van der Waals surface area contributed by atoms with Crippen molar-refractivity contribution in [3.8, 4) is 5.75 Å². The van der Waals surface area contributed by atoms with Gasteiger partial charge >= 0.3 is 0 Å². The number of hydrogen-bond donors (Lipinski definition) is 1. The first-order valence-corrected chi connectivity index (χ1v) is 7.79. The highest BCUT2D eigenvalue weighted by Crippen LogP contribution is 2.19. The minimum absolute atomic E-state index is 0.611. The van der Waals surface area contributed by atoms with E-state index in [-0.39, 0.29) is 0 Å². The van der Waals surface area contributed by atoms with E-state index in [4.69, 9.17) is 4.74 Å². The second-order valence-corrected chi connectivity index (χ2v) is 6.57. The maximum atomic E-state index is 5.73. The van der Waals surface area contributed by atoms with Crippen molar-refractivity contribution in [3.05, 3.63) is 45.9 Å². The topological polar surface area (TPSA) is 34.1 Å². The largest absolute Gasteiger partial charge is 0.486 e. The summed E-state index contributed by atoms with van der Waals surface area (Å²) in [5, 5.41) is 3.45. The first-order chi connectivity index (χ1) is 9.63. The van der Waals surface area contributed by atoms with Gasteiger partial charge in [0, 0.05) is 22.0 Å². The van der Waals surface area contributed by atoms with Gasteiger partial charge in [-0.15, -0.1) is 11.3 Å². The van der Waals surface area contributed by atoms with Crippen LogP contribution in [0.2, 0.25) is 0 Å². The second kappa shape index (κ2) is 7.41. The van der Waals surface area contributed by atoms with E-state index < -0.39 is 0 Å². The Morgan fingerprint density at radius 1 is 1.20 bits per heavy atom. The summed E-state index contributed by atoms with van der Waals surface area (Å²) in [5.74, 6) is 1.51. The summed E-state index contributed by atoms with van der Waals surface area (Å²) >= 11 is 1.80. The molecule has 20 heavy (non-hydrogen) atoms. The van der Waals surface area contributed by atoms with Crippen LogP contribution in [0.3, 0.4) is 0 Å². The van der Waals surface area contributed by atoms with Crippen LogP contribution < -0.4 is 10.1 Å². The van der Waals surface area contributed by atoms with Crippen LogP contribution >= 0.6 is 11.3 Å². The lowest BCUT2D eigenvalue weighted by atomic mass is 10.2. The van der Waals surface area contributed by atoms with Gasteiger partial charge in [0.05, 0.1) is 6.20 Å². The van der Waals surface area contributed by atoms with E-state index in [9.17, 15) is 0 Å². The first kappa shape index (κ1) is 15.0. The van der Waals surface area contributed by atoms with Gasteiger partial charge in [0.2, 0.25) is 0 Å². The molecule has 1 N–H and O–H groups in total. The predicted molar refractivity (Wildman–Crippen MR) is 84.2 cm³/mol. The normalized spacial score (nSPS) is 11.0. The highest BCUT2D eigenvalue weighted by Gasteiger charge is 2.02. The molecule has 108 valence electrons. The molecule has 2 heterocycles. The quantitative estimate of drug-likeness (QED) is 0.842. The number of ether oxygens (including phenoxy) is 1. The zero-order valence-electron chi connectivity index (χ0n) is 12.3. The number of aromatic nitrogens is 1. The molecule has 3 nitrogen and oxygen atoms in total. The van der Waals surface area contributed by atoms with Gasteiger partial charge in [-0.25, -0.2) is 0 Å². The Bertz CT molecular complexity index is 520. The van der Waals surface area contributed by atoms with Crippen LogP contribution in [0.15, 0.2) is 30.5 Å². The van der Waals surface area contributed by atoms with Crippen LogP contribution in [0.4, 0.5) is 0 Å². The third kappa shape index (κ3) is 4.94. The van der Waals surface area contributed by atoms with Crippen molar-refractivity contribution in [2.45, 2.75) is 33.9 Å². The van der Waals surface area contributed by atoms with E-state index in [2.05, 4.69) is 36.3 Å². The van der Waals surface area contributed by atoms with Gasteiger partial charge < -0.3 is 10.1 Å². The maximum absolute atomic E-state index is 5.73. The SMILES string of the molecule is Cc1ccc(OCc2ccc(CNCC(C)C)s2)cn1. The fourth-order valence-corrected chi connectivity index (χ4v) is 2.67. The van der Waals surface area contributed by atoms with Crippen molar-refractivity contribution in [3.63, 3.8) is 0 Å². The molecule has 0 aromatic carbocycles. The van der Waals surface area contributed by atoms with E-state index >= 15 is 0 Å². The summed E-state index contributed by atoms with van der Waals surface area (Å²) in [4.78, 5) is 6.82. The Morgan fingerprint density at radius 3 is 2.70 bits per heavy atom. The Kier molecular flexibility index (Phi) is 5.56. The van der Waals surface area contributed by atoms with Crippen LogP contribution in [-0.4, -0.2) is 11.5 Å². The Balaban J connectivity index is 1.79. The molecular formula is C16H22N2OS. The zero-order valence-corrected chi connectivity index (χ0v) is 13.2. The molecule has 0 unspecified atom stereocenters. The van der Waals surface area contributed by atoms with E-state index in [1.807, 2.05) is 19.1 Å². The smallest absolute Gasteiger partial charge is 0.138 e. The summed E-state index contributed by atoms with van der Waals surface area (Å²) < 4.78 is 5.73. The lowest BCUT2D eigenvalue weighted by molar-refractivity contribution is 0.308. The molecule has 0 aliphatic rings. The number of rotatable bonds is 7. The number of hydrogen-bond acceptors (Lipinski definition) is 4. The first-order valence-electron chi connectivity index (χ1n) is 6.97. The Labute approximate surface area is 125 Å². The number of pyridine rings is 1. The Hall–Kier alpha value is -1.39. The van der Waals surface area contributed by atoms with Crippen molar-refractivity contribution in [1.29, 1.82) is 0 Å². The molecule has 0 atom stereocenters. The zero-order chi connectivity index (χ0) is 14.4. The number of nitrogens with one attached hydrogen (secondary N) is 1. The highest BCUT2D eigenvalue weighted by molar-refractivity contribution is 7.11. The van der Waals surface area contributed by atoms with Gasteiger partial charge in [-0.2, -0.15) is 0 Å². The van der Waals surface area contributed by atoms with Crippen LogP contribution in [0.25, 0.3) is 0 Å². The van der Waals surface area contributed by atoms with E-state index in [0.717, 1.165) is 24.5 Å². The van der Waals surface area contributed by atoms with Crippen molar-refractivity contribution < 1.29 is 4.74 Å². The van der Waals surface area contributed by atoms with E-state index in [0.29, 0.717) is 12.5 Å². The van der Waals surface area contributed by atoms with Crippen molar-refractivity contribution >= 4 is 11.3 Å². The van der Waals surface area contributed by atoms with Crippen molar-refractivity contribution in [1.82, 2.24) is 10.3 Å². The van der Waals surface area contributed by atoms with Gasteiger partial charge in [-0.1, -0.05) is 13.8 Å². The third-order valence-corrected chi connectivity index (χ3v) is 3.89.